The van der Waals surface area contributed by atoms with Gasteiger partial charge in [-0.15, -0.1) is 0 Å². The van der Waals surface area contributed by atoms with Gasteiger partial charge in [-0.25, -0.2) is 9.18 Å². The first kappa shape index (κ1) is 24.2. The van der Waals surface area contributed by atoms with Crippen LogP contribution < -0.4 is 15.1 Å². The number of nitro groups is 1. The lowest BCUT2D eigenvalue weighted by Gasteiger charge is -2.36. The number of thiocarbonyl (C=S) groups is 1. The number of benzene rings is 1. The van der Waals surface area contributed by atoms with Gasteiger partial charge in [-0.05, 0) is 36.5 Å². The minimum Gasteiger partial charge on any atom is -0.474 e. The minimum absolute atomic E-state index is 0.115. The van der Waals surface area contributed by atoms with Crippen LogP contribution in [-0.4, -0.2) is 79.5 Å². The molecule has 2 saturated heterocycles. The van der Waals surface area contributed by atoms with Gasteiger partial charge in [0.25, 0.3) is 11.1 Å². The molecular formula is C21H22FN5O7S. The van der Waals surface area contributed by atoms with E-state index in [1.807, 2.05) is 0 Å². The van der Waals surface area contributed by atoms with E-state index in [9.17, 15) is 24.1 Å². The lowest BCUT2D eigenvalue weighted by atomic mass is 10.2. The summed E-state index contributed by atoms with van der Waals surface area (Å²) in [7, 11) is 1.43. The molecule has 1 unspecified atom stereocenters. The molecule has 2 fully saturated rings. The normalized spacial score (nSPS) is 17.8. The van der Waals surface area contributed by atoms with Gasteiger partial charge in [0.05, 0.1) is 37.6 Å². The maximum atomic E-state index is 15.0. The molecule has 12 nitrogen and oxygen atoms in total. The number of rotatable bonds is 6. The third-order valence-electron chi connectivity index (χ3n) is 5.67. The number of carbonyl (C=O) groups excluding carboxylic acids is 2. The minimum atomic E-state index is -0.712. The molecule has 35 heavy (non-hydrogen) atoms. The number of nitrogens with one attached hydrogen (secondary N) is 1. The summed E-state index contributed by atoms with van der Waals surface area (Å²) < 4.78 is 30.1. The van der Waals surface area contributed by atoms with E-state index >= 15 is 0 Å². The van der Waals surface area contributed by atoms with E-state index in [0.29, 0.717) is 24.5 Å². The van der Waals surface area contributed by atoms with Gasteiger partial charge >= 0.3 is 12.0 Å². The van der Waals surface area contributed by atoms with Crippen LogP contribution in [0.25, 0.3) is 0 Å². The van der Waals surface area contributed by atoms with Crippen LogP contribution in [-0.2, 0) is 9.47 Å². The quantitative estimate of drug-likeness (QED) is 0.352. The maximum Gasteiger partial charge on any atom is 0.433 e. The molecule has 1 aromatic carbocycles. The lowest BCUT2D eigenvalue weighted by Crippen LogP contribution is -2.49. The van der Waals surface area contributed by atoms with Crippen molar-refractivity contribution in [3.05, 3.63) is 52.0 Å². The second-order valence-corrected chi connectivity index (χ2v) is 8.17. The highest BCUT2D eigenvalue weighted by Crippen LogP contribution is 2.29. The van der Waals surface area contributed by atoms with Crippen LogP contribution in [0, 0.1) is 15.9 Å². The summed E-state index contributed by atoms with van der Waals surface area (Å²) in [6.07, 6.45) is -1.06. The van der Waals surface area contributed by atoms with E-state index in [2.05, 4.69) is 5.32 Å². The summed E-state index contributed by atoms with van der Waals surface area (Å²) in [5.74, 6) is -1.59. The van der Waals surface area contributed by atoms with Gasteiger partial charge in [0.15, 0.2) is 5.76 Å². The molecule has 0 bridgehead atoms. The molecule has 0 saturated carbocycles. The van der Waals surface area contributed by atoms with Crippen LogP contribution in [0.15, 0.2) is 34.7 Å². The van der Waals surface area contributed by atoms with Gasteiger partial charge in [0, 0.05) is 26.2 Å². The number of ether oxygens (including phenoxy) is 2. The summed E-state index contributed by atoms with van der Waals surface area (Å²) >= 11 is 4.90. The molecule has 3 heterocycles. The fourth-order valence-corrected chi connectivity index (χ4v) is 3.96. The van der Waals surface area contributed by atoms with Gasteiger partial charge in [-0.2, -0.15) is 0 Å². The molecule has 4 rings (SSSR count). The molecule has 1 aromatic heterocycles. The van der Waals surface area contributed by atoms with Crippen molar-refractivity contribution >= 4 is 46.7 Å². The van der Waals surface area contributed by atoms with E-state index in [1.54, 1.807) is 17.0 Å². The zero-order valence-corrected chi connectivity index (χ0v) is 19.5. The molecule has 0 spiro atoms. The van der Waals surface area contributed by atoms with Crippen LogP contribution >= 0.6 is 12.2 Å². The third kappa shape index (κ3) is 5.26. The predicted molar refractivity (Wildman–Crippen MR) is 125 cm³/mol. The average Bonchev–Trinajstić information content (AvgIpc) is 3.49. The summed E-state index contributed by atoms with van der Waals surface area (Å²) in [4.78, 5) is 39.5. The smallest absolute Gasteiger partial charge is 0.433 e. The molecule has 186 valence electrons. The summed E-state index contributed by atoms with van der Waals surface area (Å²) in [6.45, 7) is 1.76. The summed E-state index contributed by atoms with van der Waals surface area (Å²) in [6, 6.07) is 6.88. The van der Waals surface area contributed by atoms with Crippen LogP contribution in [0.3, 0.4) is 0 Å². The zero-order chi connectivity index (χ0) is 25.1. The number of carbonyl (C=O) groups is 2. The Bertz CT molecular complexity index is 1150. The lowest BCUT2D eigenvalue weighted by molar-refractivity contribution is -0.402. The summed E-state index contributed by atoms with van der Waals surface area (Å²) in [5.41, 5.74) is 0.701. The highest BCUT2D eigenvalue weighted by molar-refractivity contribution is 7.80. The van der Waals surface area contributed by atoms with Crippen molar-refractivity contribution in [3.63, 3.8) is 0 Å². The number of halogens is 1. The molecule has 14 heteroatoms. The van der Waals surface area contributed by atoms with Gasteiger partial charge in [0.2, 0.25) is 0 Å². The molecule has 0 aliphatic carbocycles. The number of piperazine rings is 1. The molecule has 2 aromatic rings. The van der Waals surface area contributed by atoms with Crippen LogP contribution in [0.4, 0.5) is 26.4 Å². The number of amides is 2. The van der Waals surface area contributed by atoms with Gasteiger partial charge in [-0.3, -0.25) is 19.8 Å². The zero-order valence-electron chi connectivity index (χ0n) is 18.6. The van der Waals surface area contributed by atoms with Crippen molar-refractivity contribution in [2.24, 2.45) is 0 Å². The maximum absolute atomic E-state index is 15.0. The van der Waals surface area contributed by atoms with Crippen LogP contribution in [0.2, 0.25) is 0 Å². The largest absolute Gasteiger partial charge is 0.474 e. The van der Waals surface area contributed by atoms with Crippen molar-refractivity contribution in [2.75, 3.05) is 56.2 Å². The number of furan rings is 1. The second-order valence-electron chi connectivity index (χ2n) is 7.80. The van der Waals surface area contributed by atoms with Gasteiger partial charge < -0.3 is 29.0 Å². The highest BCUT2D eigenvalue weighted by atomic mass is 32.1. The Kier molecular flexibility index (Phi) is 7.00. The van der Waals surface area contributed by atoms with Crippen LogP contribution in [0.5, 0.6) is 0 Å². The number of hydrogen-bond donors (Lipinski definition) is 1. The first-order valence-corrected chi connectivity index (χ1v) is 11.1. The number of nitrogens with zero attached hydrogens (tertiary/aromatic N) is 4. The Morgan fingerprint density at radius 1 is 1.29 bits per heavy atom. The van der Waals surface area contributed by atoms with Crippen molar-refractivity contribution in [3.8, 4) is 0 Å². The topological polar surface area (TPSA) is 131 Å². The number of hydrogen-bond acceptors (Lipinski definition) is 9. The van der Waals surface area contributed by atoms with Crippen LogP contribution in [0.1, 0.15) is 10.6 Å². The Morgan fingerprint density at radius 3 is 2.66 bits per heavy atom. The molecule has 2 aliphatic rings. The fraction of sp³-hybridized carbons (Fsp3) is 0.381. The van der Waals surface area contributed by atoms with E-state index in [0.717, 1.165) is 6.07 Å². The Morgan fingerprint density at radius 2 is 2.03 bits per heavy atom. The van der Waals surface area contributed by atoms with Crippen molar-refractivity contribution < 1.29 is 32.8 Å². The number of cyclic esters (lactones) is 1. The highest BCUT2D eigenvalue weighted by Gasteiger charge is 2.33. The van der Waals surface area contributed by atoms with Gasteiger partial charge in [0.1, 0.15) is 16.8 Å². The molecular weight excluding hydrogens is 485 g/mol. The molecule has 1 N–H and O–H groups in total. The first-order chi connectivity index (χ1) is 16.8. The number of anilines is 2. The molecule has 1 atom stereocenters. The van der Waals surface area contributed by atoms with Gasteiger partial charge in [-0.1, -0.05) is 0 Å². The first-order valence-electron chi connectivity index (χ1n) is 10.6. The number of methoxy groups -OCH3 is 1. The molecule has 0 radical (unpaired) electrons. The monoisotopic (exact) mass is 507 g/mol. The molecule has 2 aliphatic heterocycles. The predicted octanol–water partition coefficient (Wildman–Crippen LogP) is 2.14. The summed E-state index contributed by atoms with van der Waals surface area (Å²) in [5, 5.41) is 13.8. The van der Waals surface area contributed by atoms with Crippen molar-refractivity contribution in [1.82, 2.24) is 10.2 Å². The Balaban J connectivity index is 1.35. The standard InChI is InChI=1S/C21H22FN5O7S/c1-32-20(35)23-11-14-12-26(21(29)33-14)13-2-3-16(15(22)10-13)24-6-8-25(9-7-24)19(28)17-4-5-18(34-17)27(30)31/h2-5,10,14H,6-9,11-12H2,1H3,(H,23,35). The Labute approximate surface area is 204 Å². The Hall–Kier alpha value is -3.94. The average molecular weight is 508 g/mol. The van der Waals surface area contributed by atoms with Crippen molar-refractivity contribution in [1.29, 1.82) is 0 Å². The van der Waals surface area contributed by atoms with E-state index < -0.39 is 34.7 Å². The third-order valence-corrected chi connectivity index (χ3v) is 5.98. The molecule has 2 amide bonds. The van der Waals surface area contributed by atoms with E-state index in [1.165, 1.54) is 29.0 Å². The van der Waals surface area contributed by atoms with E-state index in [-0.39, 0.29) is 37.1 Å². The second kappa shape index (κ2) is 10.1. The van der Waals surface area contributed by atoms with Crippen molar-refractivity contribution in [2.45, 2.75) is 6.10 Å². The SMILES string of the molecule is COC(=S)NCC1CN(c2ccc(N3CCN(C(=O)c4ccc([N+](=O)[O-])o4)CC3)c(F)c2)C(=O)O1. The fourth-order valence-electron chi connectivity index (χ4n) is 3.88. The van der Waals surface area contributed by atoms with E-state index in [4.69, 9.17) is 26.1 Å².